The molecular weight excluding hydrogens is 464 g/mol. The zero-order chi connectivity index (χ0) is 24.1. The van der Waals surface area contributed by atoms with E-state index in [1.807, 2.05) is 46.3 Å². The molecule has 1 amide bonds. The molecule has 3 aromatic rings. The summed E-state index contributed by atoms with van der Waals surface area (Å²) in [6.45, 7) is 1.16. The second kappa shape index (κ2) is 8.89. The lowest BCUT2D eigenvalue weighted by atomic mass is 9.88. The second-order valence-electron chi connectivity index (χ2n) is 9.65. The van der Waals surface area contributed by atoms with Crippen LogP contribution < -0.4 is 15.6 Å². The lowest BCUT2D eigenvalue weighted by Gasteiger charge is -2.30. The summed E-state index contributed by atoms with van der Waals surface area (Å²) in [5.74, 6) is 0.787. The summed E-state index contributed by atoms with van der Waals surface area (Å²) in [5, 5.41) is 15.8. The largest absolute Gasteiger partial charge is 0.496 e. The number of aromatic nitrogens is 2. The lowest BCUT2D eigenvalue weighted by molar-refractivity contribution is -0.122. The predicted molar refractivity (Wildman–Crippen MR) is 133 cm³/mol. The van der Waals surface area contributed by atoms with Crippen LogP contribution in [0.1, 0.15) is 24.6 Å². The van der Waals surface area contributed by atoms with Crippen molar-refractivity contribution in [1.82, 2.24) is 14.5 Å². The number of rotatable bonds is 7. The monoisotopic (exact) mass is 492 g/mol. The van der Waals surface area contributed by atoms with Gasteiger partial charge in [-0.15, -0.1) is 11.3 Å². The fourth-order valence-corrected chi connectivity index (χ4v) is 6.48. The molecule has 9 heteroatoms. The van der Waals surface area contributed by atoms with Crippen molar-refractivity contribution >= 4 is 22.4 Å². The number of nitrogens with zero attached hydrogens (tertiary/aromatic N) is 3. The van der Waals surface area contributed by atoms with Gasteiger partial charge in [-0.25, -0.2) is 4.98 Å². The first-order valence-electron chi connectivity index (χ1n) is 12.0. The number of carbonyl (C=O) groups is 1. The van der Waals surface area contributed by atoms with Gasteiger partial charge in [0.1, 0.15) is 5.75 Å². The molecule has 2 N–H and O–H groups in total. The Hall–Kier alpha value is -3.01. The van der Waals surface area contributed by atoms with Crippen molar-refractivity contribution in [3.8, 4) is 16.9 Å². The van der Waals surface area contributed by atoms with E-state index in [9.17, 15) is 14.7 Å². The number of benzene rings is 1. The van der Waals surface area contributed by atoms with Crippen molar-refractivity contribution in [2.24, 2.45) is 17.8 Å². The quantitative estimate of drug-likeness (QED) is 0.526. The van der Waals surface area contributed by atoms with Crippen LogP contribution in [-0.4, -0.2) is 51.8 Å². The third kappa shape index (κ3) is 3.78. The third-order valence-electron chi connectivity index (χ3n) is 7.69. The third-order valence-corrected chi connectivity index (χ3v) is 8.37. The molecule has 0 bridgehead atoms. The number of thiazole rings is 1. The van der Waals surface area contributed by atoms with E-state index >= 15 is 0 Å². The molecule has 8 nitrogen and oxygen atoms in total. The fourth-order valence-electron chi connectivity index (χ4n) is 5.95. The highest BCUT2D eigenvalue weighted by atomic mass is 32.1. The van der Waals surface area contributed by atoms with Crippen LogP contribution >= 0.6 is 11.3 Å². The van der Waals surface area contributed by atoms with Gasteiger partial charge >= 0.3 is 0 Å². The molecule has 1 aliphatic carbocycles. The predicted octanol–water partition coefficient (Wildman–Crippen LogP) is 2.99. The van der Waals surface area contributed by atoms with Crippen LogP contribution in [0.2, 0.25) is 0 Å². The average molecular weight is 493 g/mol. The number of hydrogen-bond acceptors (Lipinski definition) is 7. The number of aliphatic hydroxyl groups excluding tert-OH is 1. The number of amides is 1. The number of fused-ring (bicyclic) bond motifs is 3. The smallest absolute Gasteiger partial charge is 0.258 e. The van der Waals surface area contributed by atoms with Crippen LogP contribution in [-0.2, 0) is 11.3 Å². The first-order valence-corrected chi connectivity index (χ1v) is 12.9. The summed E-state index contributed by atoms with van der Waals surface area (Å²) in [5.41, 5.74) is 2.22. The van der Waals surface area contributed by atoms with E-state index in [-0.39, 0.29) is 36.0 Å². The Morgan fingerprint density at radius 2 is 2.06 bits per heavy atom. The van der Waals surface area contributed by atoms with Gasteiger partial charge in [0.2, 0.25) is 5.91 Å². The van der Waals surface area contributed by atoms with E-state index in [4.69, 9.17) is 4.74 Å². The van der Waals surface area contributed by atoms with Gasteiger partial charge in [-0.3, -0.25) is 14.5 Å². The van der Waals surface area contributed by atoms with Crippen LogP contribution in [0.25, 0.3) is 11.1 Å². The zero-order valence-electron chi connectivity index (χ0n) is 19.5. The highest BCUT2D eigenvalue weighted by Crippen LogP contribution is 2.51. The van der Waals surface area contributed by atoms with Crippen LogP contribution in [0, 0.1) is 17.8 Å². The van der Waals surface area contributed by atoms with Gasteiger partial charge < -0.3 is 19.7 Å². The Kier molecular flexibility index (Phi) is 5.70. The normalized spacial score (nSPS) is 25.3. The van der Waals surface area contributed by atoms with Gasteiger partial charge in [-0.1, -0.05) is 18.2 Å². The number of para-hydroxylation sites is 1. The average Bonchev–Trinajstić information content (AvgIpc) is 3.26. The van der Waals surface area contributed by atoms with Crippen molar-refractivity contribution in [3.05, 3.63) is 64.0 Å². The minimum absolute atomic E-state index is 0.0218. The number of anilines is 1. The first-order chi connectivity index (χ1) is 17.1. The number of carbonyl (C=O) groups excluding carboxylic acids is 1. The van der Waals surface area contributed by atoms with Crippen molar-refractivity contribution in [3.63, 3.8) is 0 Å². The van der Waals surface area contributed by atoms with Gasteiger partial charge in [0.05, 0.1) is 24.8 Å². The van der Waals surface area contributed by atoms with E-state index in [0.717, 1.165) is 30.6 Å². The van der Waals surface area contributed by atoms with Crippen molar-refractivity contribution in [1.29, 1.82) is 0 Å². The molecule has 1 saturated heterocycles. The SMILES string of the molecule is COc1ccccc1-c1ccc2n(c1=O)C[C@H]1[C@H](CO)[C@@H](C(=O)Nc3nccs3)N(CC3CC3)[C@@H]21. The highest BCUT2D eigenvalue weighted by molar-refractivity contribution is 7.13. The summed E-state index contributed by atoms with van der Waals surface area (Å²) in [6, 6.07) is 10.9. The first kappa shape index (κ1) is 22.5. The molecule has 1 aromatic carbocycles. The Bertz CT molecular complexity index is 1300. The standard InChI is InChI=1S/C26H28N4O4S/c1-34-21-5-3-2-4-16(21)17-8-9-20-22-18(13-29(20)25(17)33)19(14-31)23(30(22)12-15-6-7-15)24(32)28-26-27-10-11-35-26/h2-5,8-11,15,18-19,22-23,31H,6-7,12-14H2,1H3,(H,27,28,32)/t18-,19-,22+,23-/m0/s1. The maximum absolute atomic E-state index is 13.7. The topological polar surface area (TPSA) is 96.7 Å². The number of nitrogens with one attached hydrogen (secondary N) is 1. The summed E-state index contributed by atoms with van der Waals surface area (Å²) in [7, 11) is 1.60. The number of pyridine rings is 1. The maximum atomic E-state index is 13.7. The minimum atomic E-state index is -0.461. The number of aliphatic hydroxyl groups is 1. The molecule has 0 radical (unpaired) electrons. The molecule has 1 saturated carbocycles. The van der Waals surface area contributed by atoms with E-state index in [1.54, 1.807) is 13.3 Å². The summed E-state index contributed by atoms with van der Waals surface area (Å²) in [6.07, 6.45) is 3.97. The maximum Gasteiger partial charge on any atom is 0.258 e. The molecule has 3 aliphatic rings. The second-order valence-corrected chi connectivity index (χ2v) is 10.5. The molecule has 4 atom stereocenters. The molecule has 4 heterocycles. The molecule has 2 aliphatic heterocycles. The highest BCUT2D eigenvalue weighted by Gasteiger charge is 2.56. The number of likely N-dealkylation sites (tertiary alicyclic amines) is 1. The van der Waals surface area contributed by atoms with E-state index in [1.165, 1.54) is 11.3 Å². The van der Waals surface area contributed by atoms with Crippen LogP contribution in [0.4, 0.5) is 5.13 Å². The van der Waals surface area contributed by atoms with Crippen LogP contribution in [0.3, 0.4) is 0 Å². The molecule has 0 unspecified atom stereocenters. The Balaban J connectivity index is 1.39. The van der Waals surface area contributed by atoms with Crippen LogP contribution in [0.15, 0.2) is 52.8 Å². The van der Waals surface area contributed by atoms with Gasteiger partial charge in [-0.05, 0) is 37.0 Å². The summed E-state index contributed by atoms with van der Waals surface area (Å²) >= 11 is 1.38. The lowest BCUT2D eigenvalue weighted by Crippen LogP contribution is -2.46. The molecule has 2 aromatic heterocycles. The van der Waals surface area contributed by atoms with Gasteiger partial charge in [-0.2, -0.15) is 0 Å². The molecular formula is C26H28N4O4S. The molecule has 2 fully saturated rings. The fraction of sp³-hybridized carbons (Fsp3) is 0.423. The molecule has 182 valence electrons. The van der Waals surface area contributed by atoms with Crippen molar-refractivity contribution in [2.45, 2.75) is 31.5 Å². The Morgan fingerprint density at radius 1 is 1.23 bits per heavy atom. The number of hydrogen-bond donors (Lipinski definition) is 2. The number of ether oxygens (including phenoxy) is 1. The van der Waals surface area contributed by atoms with Crippen molar-refractivity contribution < 1.29 is 14.6 Å². The minimum Gasteiger partial charge on any atom is -0.496 e. The summed E-state index contributed by atoms with van der Waals surface area (Å²) < 4.78 is 7.34. The molecule has 6 rings (SSSR count). The molecule has 0 spiro atoms. The zero-order valence-corrected chi connectivity index (χ0v) is 20.3. The molecule has 35 heavy (non-hydrogen) atoms. The van der Waals surface area contributed by atoms with Crippen LogP contribution in [0.5, 0.6) is 5.75 Å². The number of methoxy groups -OCH3 is 1. The van der Waals surface area contributed by atoms with Crippen molar-refractivity contribution in [2.75, 3.05) is 25.6 Å². The van der Waals surface area contributed by atoms with Gasteiger partial charge in [0.15, 0.2) is 5.13 Å². The van der Waals surface area contributed by atoms with Gasteiger partial charge in [0.25, 0.3) is 5.56 Å². The van der Waals surface area contributed by atoms with E-state index in [2.05, 4.69) is 15.2 Å². The summed E-state index contributed by atoms with van der Waals surface area (Å²) in [4.78, 5) is 33.5. The Morgan fingerprint density at radius 3 is 2.77 bits per heavy atom. The van der Waals surface area contributed by atoms with E-state index < -0.39 is 6.04 Å². The van der Waals surface area contributed by atoms with E-state index in [0.29, 0.717) is 28.9 Å². The van der Waals surface area contributed by atoms with Gasteiger partial charge in [0, 0.05) is 54.4 Å². The Labute approximate surface area is 207 Å².